The minimum atomic E-state index is -0.102. The highest BCUT2D eigenvalue weighted by molar-refractivity contribution is 9.10. The second kappa shape index (κ2) is 6.46. The van der Waals surface area contributed by atoms with Gasteiger partial charge >= 0.3 is 0 Å². The van der Waals surface area contributed by atoms with Crippen LogP contribution in [0.4, 0.5) is 0 Å². The van der Waals surface area contributed by atoms with E-state index in [2.05, 4.69) is 26.1 Å². The topological polar surface area (TPSA) is 50.8 Å². The second-order valence-electron chi connectivity index (χ2n) is 5.91. The summed E-state index contributed by atoms with van der Waals surface area (Å²) in [4.78, 5) is 15.1. The van der Waals surface area contributed by atoms with E-state index in [1.165, 1.54) is 12.8 Å². The molecule has 1 atom stereocenters. The van der Waals surface area contributed by atoms with Gasteiger partial charge in [-0.25, -0.2) is 0 Å². The molecule has 6 heteroatoms. The lowest BCUT2D eigenvalue weighted by Crippen LogP contribution is -2.57. The molecule has 0 radical (unpaired) electrons. The van der Waals surface area contributed by atoms with Gasteiger partial charge in [0.2, 0.25) is 0 Å². The fourth-order valence-electron chi connectivity index (χ4n) is 3.47. The van der Waals surface area contributed by atoms with E-state index >= 15 is 0 Å². The average Bonchev–Trinajstić information content (AvgIpc) is 2.55. The molecule has 1 amide bonds. The van der Waals surface area contributed by atoms with Crippen LogP contribution >= 0.6 is 15.9 Å². The van der Waals surface area contributed by atoms with Crippen molar-refractivity contribution >= 4 is 21.8 Å². The maximum Gasteiger partial charge on any atom is 0.255 e. The van der Waals surface area contributed by atoms with Crippen molar-refractivity contribution in [3.63, 3.8) is 0 Å². The van der Waals surface area contributed by atoms with Crippen molar-refractivity contribution in [3.8, 4) is 11.5 Å². The van der Waals surface area contributed by atoms with Crippen LogP contribution in [0.1, 0.15) is 23.2 Å². The Bertz CT molecular complexity index is 571. The number of methoxy groups -OCH3 is 2. The van der Waals surface area contributed by atoms with Gasteiger partial charge in [0.15, 0.2) is 11.5 Å². The van der Waals surface area contributed by atoms with Gasteiger partial charge in [-0.15, -0.1) is 0 Å². The lowest BCUT2D eigenvalue weighted by Gasteiger charge is -2.44. The molecule has 2 bridgehead atoms. The molecule has 0 spiro atoms. The molecule has 22 heavy (non-hydrogen) atoms. The third-order valence-corrected chi connectivity index (χ3v) is 5.12. The van der Waals surface area contributed by atoms with Crippen LogP contribution in [0, 0.1) is 5.92 Å². The quantitative estimate of drug-likeness (QED) is 0.885. The van der Waals surface area contributed by atoms with E-state index < -0.39 is 0 Å². The van der Waals surface area contributed by atoms with Gasteiger partial charge in [-0.1, -0.05) is 15.9 Å². The van der Waals surface area contributed by atoms with E-state index in [1.807, 2.05) is 0 Å². The third kappa shape index (κ3) is 2.94. The van der Waals surface area contributed by atoms with Crippen molar-refractivity contribution in [2.75, 3.05) is 33.9 Å². The number of carbonyl (C=O) groups excluding carboxylic acids is 1. The van der Waals surface area contributed by atoms with E-state index in [-0.39, 0.29) is 11.9 Å². The maximum absolute atomic E-state index is 12.7. The monoisotopic (exact) mass is 368 g/mol. The Kier molecular flexibility index (Phi) is 4.59. The van der Waals surface area contributed by atoms with Gasteiger partial charge in [0.1, 0.15) is 0 Å². The van der Waals surface area contributed by atoms with Crippen LogP contribution < -0.4 is 14.8 Å². The molecule has 3 aliphatic rings. The molecule has 1 aromatic carbocycles. The lowest BCUT2D eigenvalue weighted by atomic mass is 9.84. The molecule has 1 N–H and O–H groups in total. The highest BCUT2D eigenvalue weighted by Gasteiger charge is 2.35. The molecule has 1 aromatic rings. The van der Waals surface area contributed by atoms with E-state index in [0.717, 1.165) is 24.1 Å². The first kappa shape index (κ1) is 15.6. The molecule has 3 saturated heterocycles. The SMILES string of the molecule is COc1cc(Br)cc(C(=O)N[C@H]2CN3CCC2CC3)c1OC. The zero-order valence-corrected chi connectivity index (χ0v) is 14.5. The van der Waals surface area contributed by atoms with Gasteiger partial charge in [-0.2, -0.15) is 0 Å². The largest absolute Gasteiger partial charge is 0.493 e. The van der Waals surface area contributed by atoms with Crippen molar-refractivity contribution in [1.82, 2.24) is 10.2 Å². The average molecular weight is 369 g/mol. The van der Waals surface area contributed by atoms with E-state index in [1.54, 1.807) is 26.4 Å². The number of rotatable bonds is 4. The highest BCUT2D eigenvalue weighted by atomic mass is 79.9. The third-order valence-electron chi connectivity index (χ3n) is 4.66. The first-order valence-electron chi connectivity index (χ1n) is 7.57. The van der Waals surface area contributed by atoms with Crippen LogP contribution in [0.3, 0.4) is 0 Å². The van der Waals surface area contributed by atoms with Gasteiger partial charge in [0.25, 0.3) is 5.91 Å². The highest BCUT2D eigenvalue weighted by Crippen LogP contribution is 2.35. The van der Waals surface area contributed by atoms with Crippen molar-refractivity contribution in [2.24, 2.45) is 5.92 Å². The molecule has 0 aromatic heterocycles. The number of benzene rings is 1. The number of halogens is 1. The second-order valence-corrected chi connectivity index (χ2v) is 6.82. The summed E-state index contributed by atoms with van der Waals surface area (Å²) in [6.07, 6.45) is 2.34. The summed E-state index contributed by atoms with van der Waals surface area (Å²) >= 11 is 3.42. The first-order valence-corrected chi connectivity index (χ1v) is 8.36. The summed E-state index contributed by atoms with van der Waals surface area (Å²) in [5.74, 6) is 1.52. The number of carbonyl (C=O) groups is 1. The summed E-state index contributed by atoms with van der Waals surface area (Å²) in [5.41, 5.74) is 0.505. The number of nitrogens with one attached hydrogen (secondary N) is 1. The minimum Gasteiger partial charge on any atom is -0.493 e. The van der Waals surface area contributed by atoms with E-state index in [4.69, 9.17) is 9.47 Å². The lowest BCUT2D eigenvalue weighted by molar-refractivity contribution is 0.0618. The summed E-state index contributed by atoms with van der Waals surface area (Å²) in [6.45, 7) is 3.26. The fourth-order valence-corrected chi connectivity index (χ4v) is 3.91. The van der Waals surface area contributed by atoms with Crippen LogP contribution in [0.5, 0.6) is 11.5 Å². The molecular formula is C16H21BrN2O3. The Labute approximate surface area is 139 Å². The zero-order chi connectivity index (χ0) is 15.7. The summed E-state index contributed by atoms with van der Waals surface area (Å²) in [7, 11) is 3.12. The van der Waals surface area contributed by atoms with Crippen molar-refractivity contribution < 1.29 is 14.3 Å². The van der Waals surface area contributed by atoms with E-state index in [9.17, 15) is 4.79 Å². The van der Waals surface area contributed by atoms with Crippen molar-refractivity contribution in [2.45, 2.75) is 18.9 Å². The fraction of sp³-hybridized carbons (Fsp3) is 0.562. The molecular weight excluding hydrogens is 348 g/mol. The Hall–Kier alpha value is -1.27. The molecule has 0 saturated carbocycles. The number of piperidine rings is 3. The molecule has 3 fully saturated rings. The number of hydrogen-bond acceptors (Lipinski definition) is 4. The Morgan fingerprint density at radius 1 is 1.27 bits per heavy atom. The van der Waals surface area contributed by atoms with Gasteiger partial charge in [0.05, 0.1) is 19.8 Å². The van der Waals surface area contributed by atoms with Crippen LogP contribution in [0.2, 0.25) is 0 Å². The Morgan fingerprint density at radius 3 is 2.55 bits per heavy atom. The van der Waals surface area contributed by atoms with Crippen LogP contribution in [0.15, 0.2) is 16.6 Å². The minimum absolute atomic E-state index is 0.102. The predicted octanol–water partition coefficient (Wildman–Crippen LogP) is 2.29. The molecule has 5 nitrogen and oxygen atoms in total. The molecule has 4 rings (SSSR count). The van der Waals surface area contributed by atoms with Crippen molar-refractivity contribution in [3.05, 3.63) is 22.2 Å². The number of amides is 1. The number of hydrogen-bond donors (Lipinski definition) is 1. The van der Waals surface area contributed by atoms with Crippen molar-refractivity contribution in [1.29, 1.82) is 0 Å². The zero-order valence-electron chi connectivity index (χ0n) is 12.9. The first-order chi connectivity index (χ1) is 10.6. The Morgan fingerprint density at radius 2 is 2.00 bits per heavy atom. The molecule has 0 aliphatic carbocycles. The van der Waals surface area contributed by atoms with Gasteiger partial charge in [0, 0.05) is 17.1 Å². The summed E-state index contributed by atoms with van der Waals surface area (Å²) in [5, 5.41) is 3.18. The molecule has 3 aliphatic heterocycles. The number of fused-ring (bicyclic) bond motifs is 3. The molecule has 0 unspecified atom stereocenters. The van der Waals surface area contributed by atoms with E-state index in [0.29, 0.717) is 23.0 Å². The van der Waals surface area contributed by atoms with Crippen LogP contribution in [-0.2, 0) is 0 Å². The maximum atomic E-state index is 12.7. The van der Waals surface area contributed by atoms with Gasteiger partial charge in [-0.3, -0.25) is 4.79 Å². The molecule has 3 heterocycles. The standard InChI is InChI=1S/C16H21BrN2O3/c1-21-14-8-11(17)7-12(15(14)22-2)16(20)18-13-9-19-5-3-10(13)4-6-19/h7-8,10,13H,3-6,9H2,1-2H3,(H,18,20)/t13-/m0/s1. The van der Waals surface area contributed by atoms with Gasteiger partial charge in [-0.05, 0) is 44.0 Å². The predicted molar refractivity (Wildman–Crippen MR) is 87.7 cm³/mol. The Balaban J connectivity index is 1.81. The summed E-state index contributed by atoms with van der Waals surface area (Å²) < 4.78 is 11.5. The molecule has 120 valence electrons. The number of nitrogens with zero attached hydrogens (tertiary/aromatic N) is 1. The number of ether oxygens (including phenoxy) is 2. The normalized spacial score (nSPS) is 26.6. The smallest absolute Gasteiger partial charge is 0.255 e. The van der Waals surface area contributed by atoms with Crippen LogP contribution in [-0.4, -0.2) is 50.7 Å². The van der Waals surface area contributed by atoms with Gasteiger partial charge < -0.3 is 19.7 Å². The van der Waals surface area contributed by atoms with Crippen LogP contribution in [0.25, 0.3) is 0 Å². The summed E-state index contributed by atoms with van der Waals surface area (Å²) in [6, 6.07) is 3.80.